The average molecular weight is 183 g/mol. The topological polar surface area (TPSA) is 38.3 Å². The molecular formula is C10H17NO2. The molecule has 1 atom stereocenters. The molecule has 0 aromatic heterocycles. The molecule has 0 amide bonds. The first-order valence-electron chi connectivity index (χ1n) is 4.56. The molecule has 1 aliphatic heterocycles. The van der Waals surface area contributed by atoms with E-state index in [-0.39, 0.29) is 12.0 Å². The lowest BCUT2D eigenvalue weighted by molar-refractivity contribution is -0.156. The Kier molecular flexibility index (Phi) is 2.64. The van der Waals surface area contributed by atoms with Crippen LogP contribution in [0, 0.1) is 0 Å². The van der Waals surface area contributed by atoms with Gasteiger partial charge in [-0.3, -0.25) is 0 Å². The van der Waals surface area contributed by atoms with Crippen LogP contribution in [0.1, 0.15) is 33.6 Å². The zero-order valence-corrected chi connectivity index (χ0v) is 8.52. The molecule has 1 saturated heterocycles. The minimum absolute atomic E-state index is 0.175. The molecule has 0 spiro atoms. The molecule has 1 aliphatic rings. The summed E-state index contributed by atoms with van der Waals surface area (Å²) in [6.07, 6.45) is 1.66. The van der Waals surface area contributed by atoms with Gasteiger partial charge in [0.25, 0.3) is 0 Å². The predicted octanol–water partition coefficient (Wildman–Crippen LogP) is 1.59. The molecule has 0 bridgehead atoms. The van der Waals surface area contributed by atoms with Crippen molar-refractivity contribution in [3.05, 3.63) is 12.3 Å². The lowest BCUT2D eigenvalue weighted by atomic mass is 10.2. The van der Waals surface area contributed by atoms with Crippen molar-refractivity contribution in [3.63, 3.8) is 0 Å². The fraction of sp³-hybridized carbons (Fsp3) is 0.700. The fourth-order valence-corrected chi connectivity index (χ4v) is 1.26. The largest absolute Gasteiger partial charge is 0.458 e. The smallest absolute Gasteiger partial charge is 0.329 e. The third-order valence-corrected chi connectivity index (χ3v) is 1.80. The number of allylic oxidation sites excluding steroid dienone is 1. The van der Waals surface area contributed by atoms with Crippen LogP contribution in [-0.4, -0.2) is 17.6 Å². The van der Waals surface area contributed by atoms with Crippen LogP contribution in [-0.2, 0) is 9.53 Å². The van der Waals surface area contributed by atoms with Crippen molar-refractivity contribution in [3.8, 4) is 0 Å². The summed E-state index contributed by atoms with van der Waals surface area (Å²) >= 11 is 0. The van der Waals surface area contributed by atoms with Gasteiger partial charge in [-0.2, -0.15) is 0 Å². The van der Waals surface area contributed by atoms with E-state index >= 15 is 0 Å². The van der Waals surface area contributed by atoms with Crippen molar-refractivity contribution in [1.29, 1.82) is 0 Å². The van der Waals surface area contributed by atoms with E-state index in [1.54, 1.807) is 0 Å². The average Bonchev–Trinajstić information content (AvgIpc) is 2.31. The molecule has 0 aromatic carbocycles. The van der Waals surface area contributed by atoms with Crippen molar-refractivity contribution < 1.29 is 9.53 Å². The third-order valence-electron chi connectivity index (χ3n) is 1.80. The summed E-state index contributed by atoms with van der Waals surface area (Å²) in [5.41, 5.74) is 0.527. The van der Waals surface area contributed by atoms with Crippen molar-refractivity contribution >= 4 is 5.97 Å². The summed E-state index contributed by atoms with van der Waals surface area (Å²) in [5, 5.41) is 3.01. The van der Waals surface area contributed by atoms with Crippen LogP contribution in [0.2, 0.25) is 0 Å². The predicted molar refractivity (Wildman–Crippen MR) is 51.1 cm³/mol. The number of ether oxygens (including phenoxy) is 1. The van der Waals surface area contributed by atoms with Crippen LogP contribution in [0.3, 0.4) is 0 Å². The summed E-state index contributed by atoms with van der Waals surface area (Å²) in [6, 6.07) is -0.188. The van der Waals surface area contributed by atoms with Gasteiger partial charge in [0.15, 0.2) is 0 Å². The highest BCUT2D eigenvalue weighted by atomic mass is 16.6. The molecule has 1 heterocycles. The third kappa shape index (κ3) is 3.09. The molecule has 3 nitrogen and oxygen atoms in total. The Morgan fingerprint density at radius 3 is 2.62 bits per heavy atom. The highest BCUT2D eigenvalue weighted by Crippen LogP contribution is 2.17. The second kappa shape index (κ2) is 3.40. The number of hydrogen-bond donors (Lipinski definition) is 1. The van der Waals surface area contributed by atoms with Crippen LogP contribution < -0.4 is 5.32 Å². The summed E-state index contributed by atoms with van der Waals surface area (Å²) in [5.74, 6) is -0.175. The SMILES string of the molecule is C=C1CCC(C(=O)OC(C)(C)C)N1. The maximum absolute atomic E-state index is 11.5. The zero-order valence-electron chi connectivity index (χ0n) is 8.52. The normalized spacial score (nSPS) is 22.7. The Morgan fingerprint density at radius 2 is 2.23 bits per heavy atom. The Hall–Kier alpha value is -0.990. The summed E-state index contributed by atoms with van der Waals surface area (Å²) < 4.78 is 5.23. The molecule has 0 aromatic rings. The van der Waals surface area contributed by atoms with Crippen LogP contribution in [0.15, 0.2) is 12.3 Å². The zero-order chi connectivity index (χ0) is 10.1. The second-order valence-electron chi connectivity index (χ2n) is 4.37. The van der Waals surface area contributed by atoms with Gasteiger partial charge in [0.05, 0.1) is 0 Å². The van der Waals surface area contributed by atoms with E-state index in [1.165, 1.54) is 0 Å². The van der Waals surface area contributed by atoms with E-state index in [2.05, 4.69) is 11.9 Å². The monoisotopic (exact) mass is 183 g/mol. The molecule has 1 fully saturated rings. The molecule has 0 aliphatic carbocycles. The maximum Gasteiger partial charge on any atom is 0.329 e. The van der Waals surface area contributed by atoms with Crippen LogP contribution in [0.4, 0.5) is 0 Å². The van der Waals surface area contributed by atoms with Gasteiger partial charge in [0.1, 0.15) is 11.6 Å². The minimum atomic E-state index is -0.400. The second-order valence-corrected chi connectivity index (χ2v) is 4.37. The highest BCUT2D eigenvalue weighted by Gasteiger charge is 2.28. The first-order chi connectivity index (χ1) is 5.88. The van der Waals surface area contributed by atoms with Gasteiger partial charge < -0.3 is 10.1 Å². The Bertz CT molecular complexity index is 228. The molecule has 3 heteroatoms. The molecule has 1 unspecified atom stereocenters. The van der Waals surface area contributed by atoms with Crippen molar-refractivity contribution in [2.24, 2.45) is 0 Å². The van der Waals surface area contributed by atoms with E-state index < -0.39 is 5.60 Å². The fourth-order valence-electron chi connectivity index (χ4n) is 1.26. The Labute approximate surface area is 79.2 Å². The number of nitrogens with one attached hydrogen (secondary N) is 1. The number of carbonyl (C=O) groups is 1. The van der Waals surface area contributed by atoms with Gasteiger partial charge in [-0.25, -0.2) is 4.79 Å². The molecule has 74 valence electrons. The Balaban J connectivity index is 2.45. The first-order valence-corrected chi connectivity index (χ1v) is 4.56. The van der Waals surface area contributed by atoms with Gasteiger partial charge in [-0.1, -0.05) is 6.58 Å². The van der Waals surface area contributed by atoms with E-state index in [9.17, 15) is 4.79 Å². The molecule has 0 radical (unpaired) electrons. The van der Waals surface area contributed by atoms with Crippen molar-refractivity contribution in [2.75, 3.05) is 0 Å². The summed E-state index contributed by atoms with van der Waals surface area (Å²) in [7, 11) is 0. The van der Waals surface area contributed by atoms with E-state index in [4.69, 9.17) is 4.74 Å². The van der Waals surface area contributed by atoms with Gasteiger partial charge in [0.2, 0.25) is 0 Å². The quantitative estimate of drug-likeness (QED) is 0.627. The number of esters is 1. The first kappa shape index (κ1) is 10.1. The number of hydrogen-bond acceptors (Lipinski definition) is 3. The summed E-state index contributed by atoms with van der Waals surface area (Å²) in [4.78, 5) is 11.5. The van der Waals surface area contributed by atoms with Crippen molar-refractivity contribution in [1.82, 2.24) is 5.32 Å². The number of carbonyl (C=O) groups excluding carboxylic acids is 1. The highest BCUT2D eigenvalue weighted by molar-refractivity contribution is 5.77. The molecule has 1 N–H and O–H groups in total. The lowest BCUT2D eigenvalue weighted by Gasteiger charge is -2.22. The minimum Gasteiger partial charge on any atom is -0.458 e. The molecule has 13 heavy (non-hydrogen) atoms. The molecular weight excluding hydrogens is 166 g/mol. The number of rotatable bonds is 1. The Morgan fingerprint density at radius 1 is 1.62 bits per heavy atom. The van der Waals surface area contributed by atoms with E-state index in [0.29, 0.717) is 0 Å². The van der Waals surface area contributed by atoms with Crippen molar-refractivity contribution in [2.45, 2.75) is 45.3 Å². The van der Waals surface area contributed by atoms with Crippen LogP contribution in [0.25, 0.3) is 0 Å². The van der Waals surface area contributed by atoms with Gasteiger partial charge >= 0.3 is 5.97 Å². The summed E-state index contributed by atoms with van der Waals surface area (Å²) in [6.45, 7) is 9.37. The van der Waals surface area contributed by atoms with Gasteiger partial charge in [-0.05, 0) is 33.6 Å². The molecule has 1 rings (SSSR count). The standard InChI is InChI=1S/C10H17NO2/c1-7-5-6-8(11-7)9(12)13-10(2,3)4/h8,11H,1,5-6H2,2-4H3. The maximum atomic E-state index is 11.5. The van der Waals surface area contributed by atoms with Gasteiger partial charge in [0, 0.05) is 5.70 Å². The molecule has 0 saturated carbocycles. The lowest BCUT2D eigenvalue weighted by Crippen LogP contribution is -2.36. The van der Waals surface area contributed by atoms with Crippen LogP contribution in [0.5, 0.6) is 0 Å². The van der Waals surface area contributed by atoms with Gasteiger partial charge in [-0.15, -0.1) is 0 Å². The van der Waals surface area contributed by atoms with E-state index in [0.717, 1.165) is 18.5 Å². The van der Waals surface area contributed by atoms with E-state index in [1.807, 2.05) is 20.8 Å². The van der Waals surface area contributed by atoms with Crippen LogP contribution >= 0.6 is 0 Å².